The van der Waals surface area contributed by atoms with Crippen LogP contribution in [0.3, 0.4) is 0 Å². The molecule has 1 heterocycles. The molecule has 0 radical (unpaired) electrons. The van der Waals surface area contributed by atoms with Gasteiger partial charge in [0, 0.05) is 17.7 Å². The van der Waals surface area contributed by atoms with Gasteiger partial charge in [-0.15, -0.1) is 6.58 Å². The predicted octanol–water partition coefficient (Wildman–Crippen LogP) is 3.83. The zero-order valence-electron chi connectivity index (χ0n) is 11.1. The van der Waals surface area contributed by atoms with Crippen molar-refractivity contribution in [2.75, 3.05) is 6.54 Å². The highest BCUT2D eigenvalue weighted by molar-refractivity contribution is 6.11. The van der Waals surface area contributed by atoms with E-state index >= 15 is 0 Å². The number of carbonyl (C=O) groups excluding carboxylic acids is 1. The number of hydrogen-bond acceptors (Lipinski definition) is 1. The highest BCUT2D eigenvalue weighted by Crippen LogP contribution is 2.33. The van der Waals surface area contributed by atoms with E-state index in [1.165, 1.54) is 0 Å². The van der Waals surface area contributed by atoms with Gasteiger partial charge in [0.1, 0.15) is 0 Å². The summed E-state index contributed by atoms with van der Waals surface area (Å²) in [6, 6.07) is 17.8. The number of fused-ring (bicyclic) bond motifs is 1. The number of nitrogens with zero attached hydrogens (tertiary/aromatic N) is 1. The fourth-order valence-electron chi connectivity index (χ4n) is 2.47. The van der Waals surface area contributed by atoms with Gasteiger partial charge in [0.15, 0.2) is 0 Å². The first-order valence-electron chi connectivity index (χ1n) is 6.60. The molecule has 1 amide bonds. The largest absolute Gasteiger partial charge is 0.304 e. The maximum Gasteiger partial charge on any atom is 0.259 e. The molecule has 1 aliphatic heterocycles. The molecule has 2 aromatic carbocycles. The normalized spacial score (nSPS) is 15.5. The van der Waals surface area contributed by atoms with Gasteiger partial charge in [-0.05, 0) is 17.7 Å². The Morgan fingerprint density at radius 3 is 2.30 bits per heavy atom. The van der Waals surface area contributed by atoms with Crippen LogP contribution >= 0.6 is 0 Å². The lowest BCUT2D eigenvalue weighted by Crippen LogP contribution is -2.22. The van der Waals surface area contributed by atoms with Crippen molar-refractivity contribution in [2.45, 2.75) is 0 Å². The summed E-state index contributed by atoms with van der Waals surface area (Å²) in [5.41, 5.74) is 3.78. The molecule has 3 rings (SSSR count). The fraction of sp³-hybridized carbons (Fsp3) is 0.0556. The Morgan fingerprint density at radius 1 is 0.950 bits per heavy atom. The zero-order valence-corrected chi connectivity index (χ0v) is 11.1. The van der Waals surface area contributed by atoms with Gasteiger partial charge in [0.2, 0.25) is 0 Å². The molecule has 2 heteroatoms. The summed E-state index contributed by atoms with van der Waals surface area (Å²) in [4.78, 5) is 14.2. The molecule has 2 nitrogen and oxygen atoms in total. The minimum absolute atomic E-state index is 0.0441. The van der Waals surface area contributed by atoms with Crippen LogP contribution in [-0.2, 0) is 0 Å². The standard InChI is InChI=1S/C18H15NO/c1-2-12-19-17(13-14-8-4-3-5-9-14)15-10-6-7-11-16(15)18(19)20/h2-11,13H,1,12H2/b17-13-. The zero-order chi connectivity index (χ0) is 13.9. The molecule has 0 spiro atoms. The fourth-order valence-corrected chi connectivity index (χ4v) is 2.47. The van der Waals surface area contributed by atoms with Gasteiger partial charge in [0.25, 0.3) is 5.91 Å². The van der Waals surface area contributed by atoms with Crippen LogP contribution in [0.5, 0.6) is 0 Å². The number of benzene rings is 2. The van der Waals surface area contributed by atoms with E-state index in [-0.39, 0.29) is 5.91 Å². The summed E-state index contributed by atoms with van der Waals surface area (Å²) in [5.74, 6) is 0.0441. The molecule has 0 aromatic heterocycles. The third-order valence-electron chi connectivity index (χ3n) is 3.38. The molecule has 20 heavy (non-hydrogen) atoms. The Bertz CT molecular complexity index is 686. The quantitative estimate of drug-likeness (QED) is 0.769. The van der Waals surface area contributed by atoms with Crippen molar-refractivity contribution < 1.29 is 4.79 Å². The second kappa shape index (κ2) is 5.17. The van der Waals surface area contributed by atoms with E-state index in [9.17, 15) is 4.79 Å². The lowest BCUT2D eigenvalue weighted by molar-refractivity contribution is 0.0862. The van der Waals surface area contributed by atoms with E-state index in [4.69, 9.17) is 0 Å². The molecule has 0 bridgehead atoms. The van der Waals surface area contributed by atoms with E-state index in [1.807, 2.05) is 60.7 Å². The average Bonchev–Trinajstić information content (AvgIpc) is 2.75. The third-order valence-corrected chi connectivity index (χ3v) is 3.38. The molecule has 0 atom stereocenters. The van der Waals surface area contributed by atoms with Crippen LogP contribution in [0.25, 0.3) is 11.8 Å². The van der Waals surface area contributed by atoms with Crippen LogP contribution in [0, 0.1) is 0 Å². The second-order valence-corrected chi connectivity index (χ2v) is 4.69. The highest BCUT2D eigenvalue weighted by atomic mass is 16.2. The Balaban J connectivity index is 2.13. The van der Waals surface area contributed by atoms with Crippen molar-refractivity contribution in [3.05, 3.63) is 83.9 Å². The Labute approximate surface area is 118 Å². The van der Waals surface area contributed by atoms with Crippen LogP contribution < -0.4 is 0 Å². The van der Waals surface area contributed by atoms with Crippen LogP contribution in [0.15, 0.2) is 67.3 Å². The first-order chi connectivity index (χ1) is 9.81. The maximum absolute atomic E-state index is 12.4. The number of rotatable bonds is 3. The van der Waals surface area contributed by atoms with Crippen LogP contribution in [0.4, 0.5) is 0 Å². The minimum atomic E-state index is 0.0441. The van der Waals surface area contributed by atoms with Crippen LogP contribution in [-0.4, -0.2) is 17.4 Å². The van der Waals surface area contributed by atoms with Gasteiger partial charge < -0.3 is 4.90 Å². The van der Waals surface area contributed by atoms with Crippen molar-refractivity contribution in [3.63, 3.8) is 0 Å². The molecule has 0 unspecified atom stereocenters. The van der Waals surface area contributed by atoms with Gasteiger partial charge in [-0.3, -0.25) is 4.79 Å². The first kappa shape index (κ1) is 12.4. The third kappa shape index (κ3) is 2.05. The molecular formula is C18H15NO. The van der Waals surface area contributed by atoms with Crippen molar-refractivity contribution >= 4 is 17.7 Å². The Morgan fingerprint density at radius 2 is 1.60 bits per heavy atom. The SMILES string of the molecule is C=CCN1C(=O)c2ccccc2/C1=C/c1ccccc1. The monoisotopic (exact) mass is 261 g/mol. The molecule has 0 aliphatic carbocycles. The van der Waals surface area contributed by atoms with Crippen LogP contribution in [0.2, 0.25) is 0 Å². The molecule has 2 aromatic rings. The maximum atomic E-state index is 12.4. The van der Waals surface area contributed by atoms with Gasteiger partial charge in [0.05, 0.1) is 5.70 Å². The molecular weight excluding hydrogens is 246 g/mol. The van der Waals surface area contributed by atoms with Crippen molar-refractivity contribution in [1.29, 1.82) is 0 Å². The van der Waals surface area contributed by atoms with Gasteiger partial charge in [-0.25, -0.2) is 0 Å². The molecule has 98 valence electrons. The average molecular weight is 261 g/mol. The summed E-state index contributed by atoms with van der Waals surface area (Å²) < 4.78 is 0. The van der Waals surface area contributed by atoms with E-state index in [0.717, 1.165) is 22.4 Å². The Hall–Kier alpha value is -2.61. The van der Waals surface area contributed by atoms with E-state index < -0.39 is 0 Å². The van der Waals surface area contributed by atoms with Gasteiger partial charge in [-0.1, -0.05) is 54.6 Å². The minimum Gasteiger partial charge on any atom is -0.304 e. The van der Waals surface area contributed by atoms with E-state index in [0.29, 0.717) is 6.54 Å². The van der Waals surface area contributed by atoms with Crippen molar-refractivity contribution in [3.8, 4) is 0 Å². The van der Waals surface area contributed by atoms with E-state index in [2.05, 4.69) is 6.58 Å². The van der Waals surface area contributed by atoms with Crippen molar-refractivity contribution in [1.82, 2.24) is 4.90 Å². The second-order valence-electron chi connectivity index (χ2n) is 4.69. The molecule has 0 saturated carbocycles. The lowest BCUT2D eigenvalue weighted by Gasteiger charge is -2.16. The summed E-state index contributed by atoms with van der Waals surface area (Å²) in [6.45, 7) is 4.26. The Kier molecular flexibility index (Phi) is 3.21. The number of amides is 1. The number of hydrogen-bond donors (Lipinski definition) is 0. The molecule has 0 saturated heterocycles. The molecule has 0 N–H and O–H groups in total. The topological polar surface area (TPSA) is 20.3 Å². The molecule has 1 aliphatic rings. The van der Waals surface area contributed by atoms with E-state index in [1.54, 1.807) is 11.0 Å². The smallest absolute Gasteiger partial charge is 0.259 e. The first-order valence-corrected chi connectivity index (χ1v) is 6.60. The summed E-state index contributed by atoms with van der Waals surface area (Å²) in [7, 11) is 0. The lowest BCUT2D eigenvalue weighted by atomic mass is 10.1. The number of carbonyl (C=O) groups is 1. The predicted molar refractivity (Wildman–Crippen MR) is 82.0 cm³/mol. The summed E-state index contributed by atoms with van der Waals surface area (Å²) in [6.07, 6.45) is 3.80. The highest BCUT2D eigenvalue weighted by Gasteiger charge is 2.30. The van der Waals surface area contributed by atoms with Gasteiger partial charge >= 0.3 is 0 Å². The van der Waals surface area contributed by atoms with Crippen molar-refractivity contribution in [2.24, 2.45) is 0 Å². The molecule has 0 fully saturated rings. The van der Waals surface area contributed by atoms with Gasteiger partial charge in [-0.2, -0.15) is 0 Å². The summed E-state index contributed by atoms with van der Waals surface area (Å²) in [5, 5.41) is 0. The van der Waals surface area contributed by atoms with Crippen LogP contribution in [0.1, 0.15) is 21.5 Å². The summed E-state index contributed by atoms with van der Waals surface area (Å²) >= 11 is 0.